The van der Waals surface area contributed by atoms with Crippen molar-refractivity contribution in [2.24, 2.45) is 0 Å². The molecule has 1 aromatic carbocycles. The number of pyridine rings is 1. The highest BCUT2D eigenvalue weighted by Gasteiger charge is 2.08. The maximum atomic E-state index is 9.28. The number of rotatable bonds is 1. The van der Waals surface area contributed by atoms with Gasteiger partial charge in [-0.3, -0.25) is 0 Å². The van der Waals surface area contributed by atoms with Crippen LogP contribution < -0.4 is 5.73 Å². The van der Waals surface area contributed by atoms with Crippen LogP contribution in [0.15, 0.2) is 30.3 Å². The minimum absolute atomic E-state index is 0.148. The fourth-order valence-corrected chi connectivity index (χ4v) is 1.86. The number of anilines is 1. The second kappa shape index (κ2) is 4.02. The first-order chi connectivity index (χ1) is 7.58. The monoisotopic (exact) mass is 234 g/mol. The number of aromatic nitrogens is 1. The Bertz CT molecular complexity index is 491. The Hall–Kier alpha value is -1.74. The van der Waals surface area contributed by atoms with Gasteiger partial charge in [0.15, 0.2) is 0 Å². The molecule has 0 aliphatic rings. The first-order valence-electron chi connectivity index (χ1n) is 4.80. The summed E-state index contributed by atoms with van der Waals surface area (Å²) in [6.45, 7) is 1.87. The number of nitrogens with two attached hydrogens (primary N) is 1. The Kier molecular flexibility index (Phi) is 2.71. The third-order valence-electron chi connectivity index (χ3n) is 2.35. The van der Waals surface area contributed by atoms with Gasteiger partial charge in [-0.25, -0.2) is 4.98 Å². The summed E-state index contributed by atoms with van der Waals surface area (Å²) >= 11 is 6.06. The molecule has 0 aliphatic heterocycles. The summed E-state index contributed by atoms with van der Waals surface area (Å²) in [5, 5.41) is 9.77. The Morgan fingerprint density at radius 2 is 1.88 bits per heavy atom. The molecule has 3 nitrogen and oxygen atoms in total. The Morgan fingerprint density at radius 3 is 2.50 bits per heavy atom. The maximum Gasteiger partial charge on any atom is 0.123 e. The van der Waals surface area contributed by atoms with E-state index in [4.69, 9.17) is 17.3 Å². The topological polar surface area (TPSA) is 59.1 Å². The molecular weight excluding hydrogens is 224 g/mol. The number of hydrogen-bond donors (Lipinski definition) is 2. The smallest absolute Gasteiger partial charge is 0.123 e. The highest BCUT2D eigenvalue weighted by molar-refractivity contribution is 6.33. The van der Waals surface area contributed by atoms with Crippen molar-refractivity contribution in [2.75, 3.05) is 5.73 Å². The van der Waals surface area contributed by atoms with Gasteiger partial charge in [0.1, 0.15) is 11.6 Å². The third kappa shape index (κ3) is 1.95. The molecule has 4 heteroatoms. The van der Waals surface area contributed by atoms with Crippen molar-refractivity contribution in [1.29, 1.82) is 0 Å². The van der Waals surface area contributed by atoms with Crippen LogP contribution in [0.2, 0.25) is 5.02 Å². The van der Waals surface area contributed by atoms with Gasteiger partial charge in [-0.15, -0.1) is 0 Å². The molecule has 0 saturated heterocycles. The summed E-state index contributed by atoms with van der Waals surface area (Å²) in [7, 11) is 0. The molecule has 1 heterocycles. The van der Waals surface area contributed by atoms with E-state index in [2.05, 4.69) is 4.98 Å². The number of benzene rings is 1. The lowest BCUT2D eigenvalue weighted by Crippen LogP contribution is -1.94. The summed E-state index contributed by atoms with van der Waals surface area (Å²) in [6.07, 6.45) is 0. The molecule has 0 spiro atoms. The third-order valence-corrected chi connectivity index (χ3v) is 2.66. The quantitative estimate of drug-likeness (QED) is 0.798. The molecule has 82 valence electrons. The van der Waals surface area contributed by atoms with E-state index in [1.54, 1.807) is 18.2 Å². The van der Waals surface area contributed by atoms with E-state index < -0.39 is 0 Å². The highest BCUT2D eigenvalue weighted by Crippen LogP contribution is 2.32. The van der Waals surface area contributed by atoms with Gasteiger partial charge < -0.3 is 10.8 Å². The van der Waals surface area contributed by atoms with Gasteiger partial charge in [-0.05, 0) is 37.3 Å². The van der Waals surface area contributed by atoms with Crippen LogP contribution in [0.3, 0.4) is 0 Å². The van der Waals surface area contributed by atoms with Gasteiger partial charge in [0.05, 0.1) is 5.02 Å². The molecule has 0 radical (unpaired) electrons. The number of nitrogens with zero attached hydrogens (tertiary/aromatic N) is 1. The summed E-state index contributed by atoms with van der Waals surface area (Å²) in [6, 6.07) is 8.46. The number of halogens is 1. The lowest BCUT2D eigenvalue weighted by molar-refractivity contribution is 0.475. The molecule has 0 saturated carbocycles. The zero-order chi connectivity index (χ0) is 11.7. The van der Waals surface area contributed by atoms with E-state index in [1.807, 2.05) is 13.0 Å². The fraction of sp³-hybridized carbons (Fsp3) is 0.0833. The molecule has 16 heavy (non-hydrogen) atoms. The van der Waals surface area contributed by atoms with Crippen molar-refractivity contribution < 1.29 is 5.11 Å². The fourth-order valence-electron chi connectivity index (χ4n) is 1.59. The molecule has 0 aliphatic carbocycles. The minimum Gasteiger partial charge on any atom is -0.508 e. The normalized spacial score (nSPS) is 10.4. The van der Waals surface area contributed by atoms with Crippen molar-refractivity contribution in [3.63, 3.8) is 0 Å². The number of phenolic OH excluding ortho intramolecular Hbond substituents is 1. The van der Waals surface area contributed by atoms with Crippen molar-refractivity contribution in [2.45, 2.75) is 6.92 Å². The number of nitrogen functional groups attached to an aromatic ring is 1. The van der Waals surface area contributed by atoms with Gasteiger partial charge >= 0.3 is 0 Å². The Labute approximate surface area is 98.5 Å². The van der Waals surface area contributed by atoms with Crippen LogP contribution in [-0.2, 0) is 0 Å². The Balaban J connectivity index is 2.59. The average molecular weight is 235 g/mol. The zero-order valence-electron chi connectivity index (χ0n) is 8.74. The first kappa shape index (κ1) is 10.8. The van der Waals surface area contributed by atoms with E-state index in [9.17, 15) is 5.11 Å². The minimum atomic E-state index is 0.148. The zero-order valence-corrected chi connectivity index (χ0v) is 9.49. The van der Waals surface area contributed by atoms with Gasteiger partial charge in [-0.1, -0.05) is 11.6 Å². The van der Waals surface area contributed by atoms with Gasteiger partial charge in [0, 0.05) is 16.8 Å². The van der Waals surface area contributed by atoms with Crippen LogP contribution in [0.25, 0.3) is 11.1 Å². The van der Waals surface area contributed by atoms with Gasteiger partial charge in [-0.2, -0.15) is 0 Å². The summed E-state index contributed by atoms with van der Waals surface area (Å²) in [5.41, 5.74) is 8.15. The molecule has 3 N–H and O–H groups in total. The lowest BCUT2D eigenvalue weighted by atomic mass is 10.0. The van der Waals surface area contributed by atoms with Crippen LogP contribution in [0.1, 0.15) is 5.69 Å². The number of aromatic hydroxyl groups is 1. The molecule has 0 bridgehead atoms. The molecular formula is C12H11ClN2O. The molecule has 2 aromatic rings. The lowest BCUT2D eigenvalue weighted by Gasteiger charge is -2.08. The Morgan fingerprint density at radius 1 is 1.19 bits per heavy atom. The van der Waals surface area contributed by atoms with Gasteiger partial charge in [0.25, 0.3) is 0 Å². The predicted octanol–water partition coefficient (Wildman–Crippen LogP) is 3.00. The van der Waals surface area contributed by atoms with E-state index in [0.717, 1.165) is 16.8 Å². The summed E-state index contributed by atoms with van der Waals surface area (Å²) in [4.78, 5) is 4.17. The largest absolute Gasteiger partial charge is 0.508 e. The molecule has 0 unspecified atom stereocenters. The second-order valence-electron chi connectivity index (χ2n) is 3.53. The molecule has 1 aromatic heterocycles. The molecule has 0 amide bonds. The van der Waals surface area contributed by atoms with Crippen LogP contribution in [0.4, 0.5) is 5.82 Å². The SMILES string of the molecule is Cc1nc(N)ccc1-c1ccc(O)cc1Cl. The maximum absolute atomic E-state index is 9.28. The van der Waals surface area contributed by atoms with E-state index in [-0.39, 0.29) is 5.75 Å². The van der Waals surface area contributed by atoms with Crippen molar-refractivity contribution >= 4 is 17.4 Å². The summed E-state index contributed by atoms with van der Waals surface area (Å²) < 4.78 is 0. The second-order valence-corrected chi connectivity index (χ2v) is 3.94. The number of hydrogen-bond acceptors (Lipinski definition) is 3. The van der Waals surface area contributed by atoms with Crippen molar-refractivity contribution in [1.82, 2.24) is 4.98 Å². The van der Waals surface area contributed by atoms with E-state index >= 15 is 0 Å². The van der Waals surface area contributed by atoms with Crippen LogP contribution in [-0.4, -0.2) is 10.1 Å². The van der Waals surface area contributed by atoms with Crippen LogP contribution in [0, 0.1) is 6.92 Å². The standard InChI is InChI=1S/C12H11ClN2O/c1-7-9(4-5-12(14)15-7)10-3-2-8(16)6-11(10)13/h2-6,16H,1H3,(H2,14,15). The highest BCUT2D eigenvalue weighted by atomic mass is 35.5. The predicted molar refractivity (Wildman–Crippen MR) is 65.5 cm³/mol. The average Bonchev–Trinajstić information content (AvgIpc) is 2.19. The van der Waals surface area contributed by atoms with E-state index in [0.29, 0.717) is 10.8 Å². The van der Waals surface area contributed by atoms with Gasteiger partial charge in [0.2, 0.25) is 0 Å². The van der Waals surface area contributed by atoms with Crippen LogP contribution >= 0.6 is 11.6 Å². The molecule has 0 fully saturated rings. The summed E-state index contributed by atoms with van der Waals surface area (Å²) in [5.74, 6) is 0.631. The van der Waals surface area contributed by atoms with Crippen LogP contribution in [0.5, 0.6) is 5.75 Å². The molecule has 2 rings (SSSR count). The van der Waals surface area contributed by atoms with E-state index in [1.165, 1.54) is 6.07 Å². The first-order valence-corrected chi connectivity index (χ1v) is 5.18. The number of phenols is 1. The molecule has 0 atom stereocenters. The number of aryl methyl sites for hydroxylation is 1. The van der Waals surface area contributed by atoms with Crippen molar-refractivity contribution in [3.8, 4) is 16.9 Å². The van der Waals surface area contributed by atoms with Crippen molar-refractivity contribution in [3.05, 3.63) is 41.0 Å².